The van der Waals surface area contributed by atoms with Crippen molar-refractivity contribution < 1.29 is 0 Å². The summed E-state index contributed by atoms with van der Waals surface area (Å²) in [6.45, 7) is 14.6. The average Bonchev–Trinajstić information content (AvgIpc) is 2.40. The molecule has 1 aliphatic rings. The van der Waals surface area contributed by atoms with Gasteiger partial charge in [0, 0.05) is 36.7 Å². The van der Waals surface area contributed by atoms with Crippen molar-refractivity contribution in [1.82, 2.24) is 10.2 Å². The van der Waals surface area contributed by atoms with Gasteiger partial charge in [-0.05, 0) is 23.0 Å². The van der Waals surface area contributed by atoms with Gasteiger partial charge in [-0.2, -0.15) is 0 Å². The van der Waals surface area contributed by atoms with E-state index in [-0.39, 0.29) is 5.41 Å². The normalized spacial score (nSPS) is 24.5. The van der Waals surface area contributed by atoms with Crippen LogP contribution in [0.2, 0.25) is 5.02 Å². The van der Waals surface area contributed by atoms with Crippen LogP contribution in [0, 0.1) is 11.3 Å². The van der Waals surface area contributed by atoms with E-state index in [9.17, 15) is 0 Å². The SMILES string of the molecule is CC(C)C1CNC(C(C)(C)C)CN1Cc1ccccc1Cl. The standard InChI is InChI=1S/C18H29ClN2/c1-13(2)16-10-20-17(18(3,4)5)12-21(16)11-14-8-6-7-9-15(14)19/h6-9,13,16-17,20H,10-12H2,1-5H3. The number of hydrogen-bond donors (Lipinski definition) is 1. The minimum absolute atomic E-state index is 0.278. The van der Waals surface area contributed by atoms with Crippen molar-refractivity contribution in [2.45, 2.75) is 53.2 Å². The van der Waals surface area contributed by atoms with Crippen LogP contribution in [0.3, 0.4) is 0 Å². The molecule has 0 aromatic heterocycles. The molecule has 2 unspecified atom stereocenters. The van der Waals surface area contributed by atoms with Crippen LogP contribution in [0.25, 0.3) is 0 Å². The van der Waals surface area contributed by atoms with Gasteiger partial charge < -0.3 is 5.32 Å². The Kier molecular flexibility index (Phi) is 5.34. The Bertz CT molecular complexity index is 465. The van der Waals surface area contributed by atoms with Gasteiger partial charge in [-0.1, -0.05) is 64.4 Å². The van der Waals surface area contributed by atoms with Crippen molar-refractivity contribution in [2.75, 3.05) is 13.1 Å². The van der Waals surface area contributed by atoms with Crippen LogP contribution in [0.4, 0.5) is 0 Å². The summed E-state index contributed by atoms with van der Waals surface area (Å²) in [4.78, 5) is 2.61. The molecule has 118 valence electrons. The Labute approximate surface area is 134 Å². The van der Waals surface area contributed by atoms with E-state index in [1.165, 1.54) is 5.56 Å². The van der Waals surface area contributed by atoms with E-state index < -0.39 is 0 Å². The fourth-order valence-electron chi connectivity index (χ4n) is 3.09. The van der Waals surface area contributed by atoms with Crippen molar-refractivity contribution in [3.05, 3.63) is 34.9 Å². The summed E-state index contributed by atoms with van der Waals surface area (Å²) < 4.78 is 0. The maximum Gasteiger partial charge on any atom is 0.0451 e. The van der Waals surface area contributed by atoms with E-state index in [2.05, 4.69) is 57.0 Å². The molecule has 1 aliphatic heterocycles. The third kappa shape index (κ3) is 4.21. The van der Waals surface area contributed by atoms with E-state index in [0.29, 0.717) is 18.0 Å². The molecule has 1 N–H and O–H groups in total. The second-order valence-electron chi connectivity index (χ2n) is 7.66. The van der Waals surface area contributed by atoms with E-state index in [4.69, 9.17) is 11.6 Å². The first-order valence-electron chi connectivity index (χ1n) is 8.00. The molecule has 2 atom stereocenters. The van der Waals surface area contributed by atoms with Gasteiger partial charge >= 0.3 is 0 Å². The predicted molar refractivity (Wildman–Crippen MR) is 91.7 cm³/mol. The van der Waals surface area contributed by atoms with Crippen LogP contribution in [-0.2, 0) is 6.54 Å². The summed E-state index contributed by atoms with van der Waals surface area (Å²) in [6, 6.07) is 9.31. The quantitative estimate of drug-likeness (QED) is 0.901. The maximum atomic E-state index is 6.35. The van der Waals surface area contributed by atoms with Crippen LogP contribution in [-0.4, -0.2) is 30.1 Å². The van der Waals surface area contributed by atoms with E-state index >= 15 is 0 Å². The van der Waals surface area contributed by atoms with Gasteiger partial charge in [-0.25, -0.2) is 0 Å². The lowest BCUT2D eigenvalue weighted by atomic mass is 9.83. The number of hydrogen-bond acceptors (Lipinski definition) is 2. The molecule has 0 saturated carbocycles. The molecule has 0 radical (unpaired) electrons. The predicted octanol–water partition coefficient (Wildman–Crippen LogP) is 4.18. The molecule has 1 aromatic rings. The first-order valence-corrected chi connectivity index (χ1v) is 8.37. The first-order chi connectivity index (χ1) is 9.79. The van der Waals surface area contributed by atoms with Gasteiger partial charge in [0.05, 0.1) is 0 Å². The molecule has 1 aromatic carbocycles. The smallest absolute Gasteiger partial charge is 0.0451 e. The van der Waals surface area contributed by atoms with E-state index in [1.807, 2.05) is 12.1 Å². The highest BCUT2D eigenvalue weighted by molar-refractivity contribution is 6.31. The minimum Gasteiger partial charge on any atom is -0.311 e. The zero-order valence-corrected chi connectivity index (χ0v) is 14.7. The van der Waals surface area contributed by atoms with Crippen molar-refractivity contribution in [3.63, 3.8) is 0 Å². The Morgan fingerprint density at radius 3 is 2.52 bits per heavy atom. The Hall–Kier alpha value is -0.570. The molecular formula is C18H29ClN2. The number of benzene rings is 1. The average molecular weight is 309 g/mol. The van der Waals surface area contributed by atoms with E-state index in [1.54, 1.807) is 0 Å². The zero-order valence-electron chi connectivity index (χ0n) is 14.0. The van der Waals surface area contributed by atoms with Crippen molar-refractivity contribution in [2.24, 2.45) is 11.3 Å². The molecular weight excluding hydrogens is 280 g/mol. The Balaban J connectivity index is 2.16. The Morgan fingerprint density at radius 1 is 1.29 bits per heavy atom. The van der Waals surface area contributed by atoms with Gasteiger partial charge in [-0.15, -0.1) is 0 Å². The van der Waals surface area contributed by atoms with Gasteiger partial charge in [0.1, 0.15) is 0 Å². The topological polar surface area (TPSA) is 15.3 Å². The molecule has 0 bridgehead atoms. The number of rotatable bonds is 3. The van der Waals surface area contributed by atoms with E-state index in [0.717, 1.165) is 24.7 Å². The highest BCUT2D eigenvalue weighted by Gasteiger charge is 2.35. The highest BCUT2D eigenvalue weighted by atomic mass is 35.5. The lowest BCUT2D eigenvalue weighted by Gasteiger charge is -2.46. The molecule has 2 rings (SSSR count). The second kappa shape index (κ2) is 6.68. The van der Waals surface area contributed by atoms with Crippen molar-refractivity contribution >= 4 is 11.6 Å². The van der Waals surface area contributed by atoms with Crippen LogP contribution in [0.1, 0.15) is 40.2 Å². The summed E-state index contributed by atoms with van der Waals surface area (Å²) in [5.41, 5.74) is 1.51. The van der Waals surface area contributed by atoms with Crippen molar-refractivity contribution in [1.29, 1.82) is 0 Å². The fraction of sp³-hybridized carbons (Fsp3) is 0.667. The van der Waals surface area contributed by atoms with Crippen LogP contribution in [0.5, 0.6) is 0 Å². The number of piperazine rings is 1. The summed E-state index contributed by atoms with van der Waals surface area (Å²) in [5, 5.41) is 4.63. The van der Waals surface area contributed by atoms with Crippen LogP contribution >= 0.6 is 11.6 Å². The monoisotopic (exact) mass is 308 g/mol. The maximum absolute atomic E-state index is 6.35. The third-order valence-corrected chi connectivity index (χ3v) is 4.97. The van der Waals surface area contributed by atoms with Gasteiger partial charge in [0.15, 0.2) is 0 Å². The lowest BCUT2D eigenvalue weighted by Crippen LogP contribution is -2.61. The van der Waals surface area contributed by atoms with Gasteiger partial charge in [0.2, 0.25) is 0 Å². The summed E-state index contributed by atoms with van der Waals surface area (Å²) in [5.74, 6) is 0.640. The number of nitrogens with zero attached hydrogens (tertiary/aromatic N) is 1. The largest absolute Gasteiger partial charge is 0.311 e. The Morgan fingerprint density at radius 2 is 1.95 bits per heavy atom. The zero-order chi connectivity index (χ0) is 15.6. The molecule has 0 spiro atoms. The fourth-order valence-corrected chi connectivity index (χ4v) is 3.29. The molecule has 3 heteroatoms. The number of halogens is 1. The van der Waals surface area contributed by atoms with Crippen LogP contribution < -0.4 is 5.32 Å². The lowest BCUT2D eigenvalue weighted by molar-refractivity contribution is 0.0572. The first kappa shape index (κ1) is 16.8. The minimum atomic E-state index is 0.278. The molecule has 2 nitrogen and oxygen atoms in total. The molecule has 0 aliphatic carbocycles. The van der Waals surface area contributed by atoms with Crippen molar-refractivity contribution in [3.8, 4) is 0 Å². The second-order valence-corrected chi connectivity index (χ2v) is 8.07. The van der Waals surface area contributed by atoms with Crippen LogP contribution in [0.15, 0.2) is 24.3 Å². The molecule has 0 amide bonds. The molecule has 1 saturated heterocycles. The highest BCUT2D eigenvalue weighted by Crippen LogP contribution is 2.28. The molecule has 21 heavy (non-hydrogen) atoms. The summed E-state index contributed by atoms with van der Waals surface area (Å²) in [7, 11) is 0. The molecule has 1 fully saturated rings. The molecule has 1 heterocycles. The summed E-state index contributed by atoms with van der Waals surface area (Å²) >= 11 is 6.35. The van der Waals surface area contributed by atoms with Gasteiger partial charge in [0.25, 0.3) is 0 Å². The summed E-state index contributed by atoms with van der Waals surface area (Å²) in [6.07, 6.45) is 0. The van der Waals surface area contributed by atoms with Gasteiger partial charge in [-0.3, -0.25) is 4.90 Å². The number of nitrogens with one attached hydrogen (secondary N) is 1. The third-order valence-electron chi connectivity index (χ3n) is 4.61.